The normalized spacial score (nSPS) is 18.2. The van der Waals surface area contributed by atoms with Gasteiger partial charge in [-0.3, -0.25) is 29.3 Å². The van der Waals surface area contributed by atoms with Crippen LogP contribution in [0.5, 0.6) is 5.75 Å². The molecule has 1 aromatic carbocycles. The molecule has 2 aromatic heterocycles. The Hall–Kier alpha value is -4.18. The van der Waals surface area contributed by atoms with Crippen LogP contribution >= 0.6 is 11.8 Å². The predicted molar refractivity (Wildman–Crippen MR) is 140 cm³/mol. The van der Waals surface area contributed by atoms with Crippen LogP contribution in [0, 0.1) is 0 Å². The molecule has 5 N–H and O–H groups in total. The number of thioether (sulfide) groups is 1. The molecule has 0 saturated carbocycles. The number of aromatic hydroxyl groups is 1. The minimum atomic E-state index is -1.65. The van der Waals surface area contributed by atoms with Crippen molar-refractivity contribution in [2.75, 3.05) is 12.4 Å². The van der Waals surface area contributed by atoms with Gasteiger partial charge in [-0.2, -0.15) is 0 Å². The first kappa shape index (κ1) is 30.8. The molecule has 0 spiro atoms. The number of carbonyl (C=O) groups is 5. The molecule has 2 aliphatic heterocycles. The van der Waals surface area contributed by atoms with Gasteiger partial charge in [0.25, 0.3) is 11.8 Å². The first-order valence-corrected chi connectivity index (χ1v) is 13.1. The zero-order chi connectivity index (χ0) is 29.3. The molecule has 0 aliphatic carbocycles. The SMILES string of the molecule is NC(=O)OCC1=C(C(=O)[O-])N2C(=O)C(NC(=O)C(NC(=O)c3cnc4cccnc4c3O)c3ccccc3)[C@H]2SC1.[Na+]. The van der Waals surface area contributed by atoms with Gasteiger partial charge < -0.3 is 36.1 Å². The summed E-state index contributed by atoms with van der Waals surface area (Å²) >= 11 is 1.14. The van der Waals surface area contributed by atoms with Gasteiger partial charge in [-0.05, 0) is 17.7 Å². The summed E-state index contributed by atoms with van der Waals surface area (Å²) in [5.41, 5.74) is 5.27. The number of benzene rings is 1. The number of primary amides is 1. The second kappa shape index (κ2) is 12.8. The standard InChI is InChI=1S/C26H22N6O8S.Na/c27-26(39)40-10-13-11-41-24-18(23(36)32(24)19(13)25(37)38)31-22(35)16(12-5-2-1-3-6-12)30-21(34)14-9-29-15-7-4-8-28-17(15)20(14)33;/h1-9,16,18,24H,10-11H2,(H2,27,39)(H,29,33)(H,30,34)(H,31,35)(H,37,38);/q;+1/p-1/t16?,18?,24-;/m1./s1. The van der Waals surface area contributed by atoms with E-state index in [2.05, 4.69) is 25.3 Å². The number of aromatic nitrogens is 2. The summed E-state index contributed by atoms with van der Waals surface area (Å²) in [6, 6.07) is 9.02. The number of pyridine rings is 2. The minimum Gasteiger partial charge on any atom is -0.543 e. The number of nitrogens with two attached hydrogens (primary N) is 1. The van der Waals surface area contributed by atoms with Crippen LogP contribution in [0.2, 0.25) is 0 Å². The third kappa shape index (κ3) is 5.90. The fourth-order valence-electron chi connectivity index (χ4n) is 4.50. The van der Waals surface area contributed by atoms with E-state index in [1.165, 1.54) is 6.20 Å². The molecule has 14 nitrogen and oxygen atoms in total. The molecule has 1 saturated heterocycles. The number of amides is 4. The summed E-state index contributed by atoms with van der Waals surface area (Å²) in [7, 11) is 0. The number of aliphatic carboxylic acids is 1. The molecular formula is C26H21N6NaO8S. The van der Waals surface area contributed by atoms with E-state index in [9.17, 15) is 34.2 Å². The molecule has 4 heterocycles. The van der Waals surface area contributed by atoms with Crippen LogP contribution in [0.4, 0.5) is 4.79 Å². The summed E-state index contributed by atoms with van der Waals surface area (Å²) in [6.45, 7) is -0.437. The Labute approximate surface area is 264 Å². The van der Waals surface area contributed by atoms with Gasteiger partial charge in [0.2, 0.25) is 5.91 Å². The van der Waals surface area contributed by atoms with Gasteiger partial charge in [-0.1, -0.05) is 30.3 Å². The number of β-lactam (4-membered cyclic amide) rings is 1. The van der Waals surface area contributed by atoms with E-state index < -0.39 is 65.3 Å². The van der Waals surface area contributed by atoms with Gasteiger partial charge in [0.05, 0.1) is 17.2 Å². The van der Waals surface area contributed by atoms with Gasteiger partial charge in [-0.15, -0.1) is 11.8 Å². The Kier molecular flexibility index (Phi) is 9.36. The van der Waals surface area contributed by atoms with Gasteiger partial charge in [0, 0.05) is 23.7 Å². The Morgan fingerprint density at radius 2 is 1.90 bits per heavy atom. The molecule has 0 radical (unpaired) electrons. The van der Waals surface area contributed by atoms with E-state index in [-0.39, 0.29) is 52.0 Å². The first-order chi connectivity index (χ1) is 19.7. The maximum Gasteiger partial charge on any atom is 1.00 e. The van der Waals surface area contributed by atoms with Crippen LogP contribution < -0.4 is 51.0 Å². The number of carbonyl (C=O) groups excluding carboxylic acids is 5. The smallest absolute Gasteiger partial charge is 0.543 e. The van der Waals surface area contributed by atoms with Gasteiger partial charge in [0.1, 0.15) is 35.1 Å². The Balaban J connectivity index is 0.00000405. The van der Waals surface area contributed by atoms with E-state index in [0.717, 1.165) is 22.9 Å². The molecule has 42 heavy (non-hydrogen) atoms. The number of hydrogen-bond donors (Lipinski definition) is 4. The second-order valence-corrected chi connectivity index (χ2v) is 10.1. The van der Waals surface area contributed by atoms with Gasteiger partial charge >= 0.3 is 35.7 Å². The van der Waals surface area contributed by atoms with Crippen molar-refractivity contribution in [2.45, 2.75) is 17.5 Å². The van der Waals surface area contributed by atoms with E-state index in [1.54, 1.807) is 42.5 Å². The molecule has 0 bridgehead atoms. The minimum absolute atomic E-state index is 0. The number of rotatable bonds is 8. The number of fused-ring (bicyclic) bond motifs is 2. The molecule has 3 atom stereocenters. The third-order valence-corrected chi connectivity index (χ3v) is 7.78. The van der Waals surface area contributed by atoms with Crippen molar-refractivity contribution in [3.05, 3.63) is 77.3 Å². The van der Waals surface area contributed by atoms with Crippen LogP contribution in [-0.2, 0) is 19.1 Å². The average molecular weight is 601 g/mol. The Bertz CT molecular complexity index is 1620. The molecule has 16 heteroatoms. The molecular weight excluding hydrogens is 579 g/mol. The molecule has 210 valence electrons. The number of hydrogen-bond acceptors (Lipinski definition) is 11. The van der Waals surface area contributed by atoms with E-state index in [1.807, 2.05) is 0 Å². The van der Waals surface area contributed by atoms with Crippen molar-refractivity contribution in [2.24, 2.45) is 5.73 Å². The Morgan fingerprint density at radius 1 is 1.17 bits per heavy atom. The predicted octanol–water partition coefficient (Wildman–Crippen LogP) is -3.69. The van der Waals surface area contributed by atoms with Crippen LogP contribution in [0.3, 0.4) is 0 Å². The van der Waals surface area contributed by atoms with Crippen molar-refractivity contribution >= 4 is 52.6 Å². The summed E-state index contributed by atoms with van der Waals surface area (Å²) in [5, 5.41) is 26.8. The maximum atomic E-state index is 13.5. The fourth-order valence-corrected chi connectivity index (χ4v) is 5.83. The van der Waals surface area contributed by atoms with Crippen molar-refractivity contribution in [1.82, 2.24) is 25.5 Å². The molecule has 4 amide bonds. The summed E-state index contributed by atoms with van der Waals surface area (Å²) < 4.78 is 4.68. The molecule has 5 rings (SSSR count). The average Bonchev–Trinajstić information content (AvgIpc) is 2.97. The van der Waals surface area contributed by atoms with E-state index in [0.29, 0.717) is 11.1 Å². The largest absolute Gasteiger partial charge is 1.00 e. The van der Waals surface area contributed by atoms with Crippen molar-refractivity contribution < 1.29 is 68.5 Å². The van der Waals surface area contributed by atoms with Crippen molar-refractivity contribution in [3.63, 3.8) is 0 Å². The summed E-state index contributed by atoms with van der Waals surface area (Å²) in [5.74, 6) is -4.30. The summed E-state index contributed by atoms with van der Waals surface area (Å²) in [4.78, 5) is 71.6. The number of nitrogens with zero attached hydrogens (tertiary/aromatic N) is 3. The third-order valence-electron chi connectivity index (χ3n) is 6.44. The van der Waals surface area contributed by atoms with Crippen LogP contribution in [0.15, 0.2) is 66.1 Å². The van der Waals surface area contributed by atoms with Crippen molar-refractivity contribution in [3.8, 4) is 5.75 Å². The van der Waals surface area contributed by atoms with Crippen LogP contribution in [-0.4, -0.2) is 73.5 Å². The topological polar surface area (TPSA) is 217 Å². The van der Waals surface area contributed by atoms with E-state index in [4.69, 9.17) is 5.73 Å². The number of nitrogens with one attached hydrogen (secondary N) is 2. The number of carboxylic acid groups (broad SMARTS) is 1. The Morgan fingerprint density at radius 3 is 2.60 bits per heavy atom. The van der Waals surface area contributed by atoms with Gasteiger partial charge in [0.15, 0.2) is 5.75 Å². The monoisotopic (exact) mass is 600 g/mol. The second-order valence-electron chi connectivity index (χ2n) is 8.95. The fraction of sp³-hybridized carbons (Fsp3) is 0.192. The molecule has 1 fully saturated rings. The van der Waals surface area contributed by atoms with Crippen LogP contribution in [0.25, 0.3) is 11.0 Å². The zero-order valence-corrected chi connectivity index (χ0v) is 24.8. The molecule has 2 unspecified atom stereocenters. The van der Waals surface area contributed by atoms with Gasteiger partial charge in [-0.25, -0.2) is 4.79 Å². The maximum absolute atomic E-state index is 13.5. The molecule has 3 aromatic rings. The number of ether oxygens (including phenoxy) is 1. The van der Waals surface area contributed by atoms with Crippen LogP contribution in [0.1, 0.15) is 22.0 Å². The summed E-state index contributed by atoms with van der Waals surface area (Å²) in [6.07, 6.45) is 1.48. The quantitative estimate of drug-likeness (QED) is 0.146. The van der Waals surface area contributed by atoms with Crippen molar-refractivity contribution in [1.29, 1.82) is 0 Å². The van der Waals surface area contributed by atoms with E-state index >= 15 is 0 Å². The zero-order valence-electron chi connectivity index (χ0n) is 22.0. The molecule has 2 aliphatic rings. The number of carboxylic acids is 1. The first-order valence-electron chi connectivity index (χ1n) is 12.1.